The van der Waals surface area contributed by atoms with Crippen LogP contribution in [0, 0.1) is 11.7 Å². The predicted octanol–water partition coefficient (Wildman–Crippen LogP) is 0.587. The number of ether oxygens (including phenoxy) is 1. The number of hydrogen-bond donors (Lipinski definition) is 1. The number of methoxy groups -OCH3 is 1. The van der Waals surface area contributed by atoms with Crippen molar-refractivity contribution in [2.75, 3.05) is 32.1 Å². The van der Waals surface area contributed by atoms with E-state index < -0.39 is 5.82 Å². The summed E-state index contributed by atoms with van der Waals surface area (Å²) in [4.78, 5) is 21.3. The Bertz CT molecular complexity index is 469. The highest BCUT2D eigenvalue weighted by Crippen LogP contribution is 2.24. The summed E-state index contributed by atoms with van der Waals surface area (Å²) in [5, 5.41) is 2.61. The maximum Gasteiger partial charge on any atom is 0.255 e. The maximum absolute atomic E-state index is 13.2. The van der Waals surface area contributed by atoms with Crippen molar-refractivity contribution in [1.29, 1.82) is 0 Å². The number of anilines is 1. The van der Waals surface area contributed by atoms with Gasteiger partial charge in [-0.2, -0.15) is 9.37 Å². The van der Waals surface area contributed by atoms with Crippen LogP contribution in [-0.2, 0) is 4.79 Å². The molecule has 1 aliphatic rings. The van der Waals surface area contributed by atoms with Crippen molar-refractivity contribution in [3.05, 3.63) is 12.0 Å². The number of aromatic nitrogens is 2. The fraction of sp³-hybridized carbons (Fsp3) is 0.583. The molecule has 1 fully saturated rings. The van der Waals surface area contributed by atoms with Crippen molar-refractivity contribution in [1.82, 2.24) is 15.3 Å². The predicted molar refractivity (Wildman–Crippen MR) is 67.5 cm³/mol. The molecule has 1 atom stereocenters. The molecule has 104 valence electrons. The van der Waals surface area contributed by atoms with Gasteiger partial charge in [-0.15, -0.1) is 0 Å². The van der Waals surface area contributed by atoms with E-state index in [-0.39, 0.29) is 17.7 Å². The highest BCUT2D eigenvalue weighted by molar-refractivity contribution is 5.75. The number of carbonyl (C=O) groups excluding carboxylic acids is 1. The molecule has 0 radical (unpaired) electrons. The van der Waals surface area contributed by atoms with E-state index >= 15 is 0 Å². The largest absolute Gasteiger partial charge is 0.479 e. The van der Waals surface area contributed by atoms with Crippen molar-refractivity contribution in [3.8, 4) is 5.88 Å². The first-order valence-electron chi connectivity index (χ1n) is 6.16. The zero-order valence-corrected chi connectivity index (χ0v) is 11.0. The van der Waals surface area contributed by atoms with Gasteiger partial charge in [-0.1, -0.05) is 0 Å². The maximum atomic E-state index is 13.2. The average Bonchev–Trinajstić information content (AvgIpc) is 2.87. The van der Waals surface area contributed by atoms with Crippen LogP contribution < -0.4 is 15.0 Å². The molecular formula is C12H17FN4O2. The lowest BCUT2D eigenvalue weighted by atomic mass is 10.1. The van der Waals surface area contributed by atoms with E-state index in [1.807, 2.05) is 4.90 Å². The Balaban J connectivity index is 2.02. The monoisotopic (exact) mass is 268 g/mol. The van der Waals surface area contributed by atoms with Crippen LogP contribution in [-0.4, -0.2) is 43.1 Å². The SMILES string of the molecule is CNC(=O)CC1CCN(c2ncc(F)c(OC)n2)C1. The van der Waals surface area contributed by atoms with Crippen molar-refractivity contribution in [3.63, 3.8) is 0 Å². The minimum Gasteiger partial charge on any atom is -0.479 e. The molecule has 2 heterocycles. The Labute approximate surface area is 111 Å². The van der Waals surface area contributed by atoms with E-state index in [0.29, 0.717) is 18.9 Å². The number of amides is 1. The second kappa shape index (κ2) is 5.81. The molecule has 1 N–H and O–H groups in total. The molecule has 2 rings (SSSR count). The molecule has 0 bridgehead atoms. The second-order valence-corrected chi connectivity index (χ2v) is 4.51. The molecule has 1 amide bonds. The molecule has 1 aliphatic heterocycles. The van der Waals surface area contributed by atoms with Crippen LogP contribution in [0.15, 0.2) is 6.20 Å². The minimum atomic E-state index is -0.577. The molecule has 7 heteroatoms. The first kappa shape index (κ1) is 13.5. The summed E-state index contributed by atoms with van der Waals surface area (Å²) in [6.07, 6.45) is 2.50. The smallest absolute Gasteiger partial charge is 0.255 e. The molecule has 19 heavy (non-hydrogen) atoms. The third-order valence-corrected chi connectivity index (χ3v) is 3.21. The van der Waals surface area contributed by atoms with Crippen LogP contribution >= 0.6 is 0 Å². The fourth-order valence-electron chi connectivity index (χ4n) is 2.18. The van der Waals surface area contributed by atoms with Crippen LogP contribution in [0.1, 0.15) is 12.8 Å². The van der Waals surface area contributed by atoms with Crippen molar-refractivity contribution in [2.45, 2.75) is 12.8 Å². The quantitative estimate of drug-likeness (QED) is 0.865. The van der Waals surface area contributed by atoms with Gasteiger partial charge in [0.15, 0.2) is 0 Å². The van der Waals surface area contributed by atoms with E-state index in [9.17, 15) is 9.18 Å². The number of halogens is 1. The molecule has 6 nitrogen and oxygen atoms in total. The highest BCUT2D eigenvalue weighted by Gasteiger charge is 2.26. The first-order chi connectivity index (χ1) is 9.13. The molecule has 0 saturated carbocycles. The highest BCUT2D eigenvalue weighted by atomic mass is 19.1. The molecule has 1 unspecified atom stereocenters. The lowest BCUT2D eigenvalue weighted by molar-refractivity contribution is -0.121. The number of carbonyl (C=O) groups is 1. The van der Waals surface area contributed by atoms with E-state index in [4.69, 9.17) is 4.74 Å². The van der Waals surface area contributed by atoms with Gasteiger partial charge in [-0.05, 0) is 12.3 Å². The Morgan fingerprint density at radius 1 is 1.68 bits per heavy atom. The van der Waals surface area contributed by atoms with Crippen LogP contribution in [0.3, 0.4) is 0 Å². The summed E-state index contributed by atoms with van der Waals surface area (Å²) in [7, 11) is 3.00. The Kier molecular flexibility index (Phi) is 4.13. The summed E-state index contributed by atoms with van der Waals surface area (Å²) in [5.41, 5.74) is 0. The molecule has 1 aromatic heterocycles. The zero-order chi connectivity index (χ0) is 13.8. The van der Waals surface area contributed by atoms with E-state index in [1.165, 1.54) is 7.11 Å². The summed E-state index contributed by atoms with van der Waals surface area (Å²) in [6.45, 7) is 1.46. The Hall–Kier alpha value is -1.92. The summed E-state index contributed by atoms with van der Waals surface area (Å²) in [5.74, 6) is 0.119. The van der Waals surface area contributed by atoms with Gasteiger partial charge in [-0.25, -0.2) is 4.98 Å². The molecule has 1 aromatic rings. The Morgan fingerprint density at radius 2 is 2.47 bits per heavy atom. The van der Waals surface area contributed by atoms with Crippen LogP contribution in [0.5, 0.6) is 5.88 Å². The molecule has 0 spiro atoms. The number of hydrogen-bond acceptors (Lipinski definition) is 5. The van der Waals surface area contributed by atoms with Gasteiger partial charge >= 0.3 is 0 Å². The number of nitrogens with zero attached hydrogens (tertiary/aromatic N) is 3. The van der Waals surface area contributed by atoms with Crippen LogP contribution in [0.2, 0.25) is 0 Å². The summed E-state index contributed by atoms with van der Waals surface area (Å²) < 4.78 is 18.1. The standard InChI is InChI=1S/C12H17FN4O2/c1-14-10(18)5-8-3-4-17(7-8)12-15-6-9(13)11(16-12)19-2/h6,8H,3-5,7H2,1-2H3,(H,14,18). The first-order valence-corrected chi connectivity index (χ1v) is 6.16. The summed E-state index contributed by atoms with van der Waals surface area (Å²) >= 11 is 0. The Morgan fingerprint density at radius 3 is 3.16 bits per heavy atom. The number of rotatable bonds is 4. The van der Waals surface area contributed by atoms with Gasteiger partial charge < -0.3 is 15.0 Å². The zero-order valence-electron chi connectivity index (χ0n) is 11.0. The van der Waals surface area contributed by atoms with Crippen molar-refractivity contribution < 1.29 is 13.9 Å². The average molecular weight is 268 g/mol. The van der Waals surface area contributed by atoms with Gasteiger partial charge in [0.25, 0.3) is 5.88 Å². The van der Waals surface area contributed by atoms with Gasteiger partial charge in [0, 0.05) is 26.6 Å². The van der Waals surface area contributed by atoms with E-state index in [2.05, 4.69) is 15.3 Å². The lowest BCUT2D eigenvalue weighted by Crippen LogP contribution is -2.25. The normalized spacial score (nSPS) is 18.5. The number of nitrogens with one attached hydrogen (secondary N) is 1. The summed E-state index contributed by atoms with van der Waals surface area (Å²) in [6, 6.07) is 0. The van der Waals surface area contributed by atoms with Crippen molar-refractivity contribution >= 4 is 11.9 Å². The van der Waals surface area contributed by atoms with Gasteiger partial charge in [0.1, 0.15) is 0 Å². The fourth-order valence-corrected chi connectivity index (χ4v) is 2.18. The molecule has 0 aliphatic carbocycles. The van der Waals surface area contributed by atoms with Gasteiger partial charge in [-0.3, -0.25) is 4.79 Å². The molecule has 1 saturated heterocycles. The van der Waals surface area contributed by atoms with Crippen LogP contribution in [0.4, 0.5) is 10.3 Å². The third-order valence-electron chi connectivity index (χ3n) is 3.21. The second-order valence-electron chi connectivity index (χ2n) is 4.51. The minimum absolute atomic E-state index is 0.0319. The third kappa shape index (κ3) is 3.10. The van der Waals surface area contributed by atoms with E-state index in [1.54, 1.807) is 7.05 Å². The molecule has 0 aromatic carbocycles. The van der Waals surface area contributed by atoms with E-state index in [0.717, 1.165) is 19.2 Å². The lowest BCUT2D eigenvalue weighted by Gasteiger charge is -2.16. The van der Waals surface area contributed by atoms with Crippen molar-refractivity contribution in [2.24, 2.45) is 5.92 Å². The molecular weight excluding hydrogens is 251 g/mol. The van der Waals surface area contributed by atoms with Crippen LogP contribution in [0.25, 0.3) is 0 Å². The van der Waals surface area contributed by atoms with Gasteiger partial charge in [0.2, 0.25) is 17.7 Å². The topological polar surface area (TPSA) is 67.4 Å². The van der Waals surface area contributed by atoms with Gasteiger partial charge in [0.05, 0.1) is 13.3 Å².